The van der Waals surface area contributed by atoms with Crippen LogP contribution < -0.4 is 5.32 Å². The summed E-state index contributed by atoms with van der Waals surface area (Å²) in [6.45, 7) is 0. The maximum Gasteiger partial charge on any atom is 0.0603 e. The van der Waals surface area contributed by atoms with Gasteiger partial charge in [0.25, 0.3) is 0 Å². The number of benzene rings is 2. The number of nitrogens with one attached hydrogen (secondary N) is 1. The summed E-state index contributed by atoms with van der Waals surface area (Å²) in [6, 6.07) is 16.6. The third-order valence-corrected chi connectivity index (χ3v) is 4.65. The van der Waals surface area contributed by atoms with Crippen LogP contribution in [0.3, 0.4) is 0 Å². The van der Waals surface area contributed by atoms with E-state index in [0.29, 0.717) is 0 Å². The van der Waals surface area contributed by atoms with Crippen LogP contribution >= 0.6 is 22.9 Å². The third-order valence-electron chi connectivity index (χ3n) is 3.33. The van der Waals surface area contributed by atoms with Crippen molar-refractivity contribution in [1.29, 1.82) is 0 Å². The predicted octanol–water partition coefficient (Wildman–Crippen LogP) is 4.86. The Balaban J connectivity index is 2.15. The summed E-state index contributed by atoms with van der Waals surface area (Å²) in [6.07, 6.45) is 0. The number of hydrogen-bond acceptors (Lipinski definition) is 2. The highest BCUT2D eigenvalue weighted by Gasteiger charge is 2.18. The molecule has 3 aromatic rings. The highest BCUT2D eigenvalue weighted by atomic mass is 35.5. The largest absolute Gasteiger partial charge is 0.309 e. The zero-order valence-corrected chi connectivity index (χ0v) is 12.1. The molecular formula is C16H14ClNS. The molecule has 2 aromatic carbocycles. The van der Waals surface area contributed by atoms with Crippen LogP contribution in [0.15, 0.2) is 53.9 Å². The van der Waals surface area contributed by atoms with E-state index in [2.05, 4.69) is 41.0 Å². The van der Waals surface area contributed by atoms with E-state index in [1.165, 1.54) is 15.6 Å². The molecule has 0 fully saturated rings. The molecule has 0 bridgehead atoms. The van der Waals surface area contributed by atoms with Gasteiger partial charge in [0.15, 0.2) is 0 Å². The van der Waals surface area contributed by atoms with Crippen LogP contribution in [0.25, 0.3) is 10.1 Å². The fraction of sp³-hybridized carbons (Fsp3) is 0.125. The summed E-state index contributed by atoms with van der Waals surface area (Å²) in [5.41, 5.74) is 2.41. The molecule has 1 N–H and O–H groups in total. The van der Waals surface area contributed by atoms with Crippen LogP contribution in [0, 0.1) is 0 Å². The molecule has 0 radical (unpaired) electrons. The normalized spacial score (nSPS) is 12.7. The van der Waals surface area contributed by atoms with E-state index in [1.807, 2.05) is 25.2 Å². The highest BCUT2D eigenvalue weighted by Crippen LogP contribution is 2.35. The van der Waals surface area contributed by atoms with Gasteiger partial charge in [0.05, 0.1) is 6.04 Å². The van der Waals surface area contributed by atoms with E-state index >= 15 is 0 Å². The first-order valence-electron chi connectivity index (χ1n) is 6.19. The van der Waals surface area contributed by atoms with Gasteiger partial charge in [-0.25, -0.2) is 0 Å². The SMILES string of the molecule is CNC(c1ccccc1Cl)c1csc2ccccc12. The van der Waals surface area contributed by atoms with Crippen molar-refractivity contribution >= 4 is 33.0 Å². The summed E-state index contributed by atoms with van der Waals surface area (Å²) in [7, 11) is 1.97. The van der Waals surface area contributed by atoms with Crippen LogP contribution in [0.2, 0.25) is 5.02 Å². The first-order chi connectivity index (χ1) is 9.31. The van der Waals surface area contributed by atoms with E-state index in [-0.39, 0.29) is 6.04 Å². The van der Waals surface area contributed by atoms with Gasteiger partial charge in [-0.15, -0.1) is 11.3 Å². The molecule has 0 aliphatic heterocycles. The summed E-state index contributed by atoms with van der Waals surface area (Å²) >= 11 is 8.10. The van der Waals surface area contributed by atoms with Crippen molar-refractivity contribution in [2.45, 2.75) is 6.04 Å². The van der Waals surface area contributed by atoms with Gasteiger partial charge in [0, 0.05) is 9.72 Å². The van der Waals surface area contributed by atoms with Crippen molar-refractivity contribution in [3.63, 3.8) is 0 Å². The number of fused-ring (bicyclic) bond motifs is 1. The lowest BCUT2D eigenvalue weighted by Crippen LogP contribution is -2.17. The molecule has 3 rings (SSSR count). The molecule has 19 heavy (non-hydrogen) atoms. The highest BCUT2D eigenvalue weighted by molar-refractivity contribution is 7.17. The minimum absolute atomic E-state index is 0.129. The fourth-order valence-electron chi connectivity index (χ4n) is 2.41. The Labute approximate surface area is 121 Å². The van der Waals surface area contributed by atoms with Gasteiger partial charge in [-0.3, -0.25) is 0 Å². The number of thiophene rings is 1. The molecule has 1 nitrogen and oxygen atoms in total. The Morgan fingerprint density at radius 2 is 1.74 bits per heavy atom. The average molecular weight is 288 g/mol. The molecule has 0 aliphatic rings. The zero-order valence-electron chi connectivity index (χ0n) is 10.6. The van der Waals surface area contributed by atoms with Gasteiger partial charge in [0.1, 0.15) is 0 Å². The second-order valence-electron chi connectivity index (χ2n) is 4.43. The van der Waals surface area contributed by atoms with Crippen LogP contribution in [-0.4, -0.2) is 7.05 Å². The summed E-state index contributed by atoms with van der Waals surface area (Å²) in [4.78, 5) is 0. The van der Waals surface area contributed by atoms with Gasteiger partial charge in [-0.2, -0.15) is 0 Å². The molecule has 0 saturated heterocycles. The lowest BCUT2D eigenvalue weighted by Gasteiger charge is -2.17. The lowest BCUT2D eigenvalue weighted by atomic mass is 9.98. The Morgan fingerprint density at radius 1 is 1.00 bits per heavy atom. The van der Waals surface area contributed by atoms with Gasteiger partial charge >= 0.3 is 0 Å². The Bertz CT molecular complexity index is 705. The Kier molecular flexibility index (Phi) is 3.56. The molecular weight excluding hydrogens is 274 g/mol. The average Bonchev–Trinajstić information content (AvgIpc) is 2.86. The zero-order chi connectivity index (χ0) is 13.2. The van der Waals surface area contributed by atoms with Gasteiger partial charge in [-0.05, 0) is 41.1 Å². The number of hydrogen-bond donors (Lipinski definition) is 1. The van der Waals surface area contributed by atoms with E-state index in [4.69, 9.17) is 11.6 Å². The van der Waals surface area contributed by atoms with Crippen molar-refractivity contribution in [2.24, 2.45) is 0 Å². The smallest absolute Gasteiger partial charge is 0.0603 e. The molecule has 1 unspecified atom stereocenters. The summed E-state index contributed by atoms with van der Waals surface area (Å²) < 4.78 is 1.31. The summed E-state index contributed by atoms with van der Waals surface area (Å²) in [5, 5.41) is 7.69. The molecule has 0 amide bonds. The van der Waals surface area contributed by atoms with Crippen LogP contribution in [0.1, 0.15) is 17.2 Å². The maximum absolute atomic E-state index is 6.33. The van der Waals surface area contributed by atoms with Crippen molar-refractivity contribution in [1.82, 2.24) is 5.32 Å². The molecule has 0 spiro atoms. The van der Waals surface area contributed by atoms with Crippen molar-refractivity contribution in [2.75, 3.05) is 7.05 Å². The Morgan fingerprint density at radius 3 is 2.53 bits per heavy atom. The summed E-state index contributed by atoms with van der Waals surface area (Å²) in [5.74, 6) is 0. The molecule has 1 heterocycles. The number of rotatable bonds is 3. The topological polar surface area (TPSA) is 12.0 Å². The molecule has 1 aromatic heterocycles. The van der Waals surface area contributed by atoms with E-state index in [9.17, 15) is 0 Å². The van der Waals surface area contributed by atoms with Crippen LogP contribution in [0.5, 0.6) is 0 Å². The molecule has 1 atom stereocenters. The lowest BCUT2D eigenvalue weighted by molar-refractivity contribution is 0.699. The second kappa shape index (κ2) is 5.33. The maximum atomic E-state index is 6.33. The first-order valence-corrected chi connectivity index (χ1v) is 7.45. The quantitative estimate of drug-likeness (QED) is 0.725. The predicted molar refractivity (Wildman–Crippen MR) is 84.2 cm³/mol. The van der Waals surface area contributed by atoms with Crippen molar-refractivity contribution in [3.8, 4) is 0 Å². The molecule has 96 valence electrons. The minimum Gasteiger partial charge on any atom is -0.309 e. The standard InChI is InChI=1S/C16H14ClNS/c1-18-16(12-7-2-4-8-14(12)17)13-10-19-15-9-5-3-6-11(13)15/h2-10,16,18H,1H3. The van der Waals surface area contributed by atoms with Crippen LogP contribution in [-0.2, 0) is 0 Å². The van der Waals surface area contributed by atoms with Gasteiger partial charge in [0.2, 0.25) is 0 Å². The van der Waals surface area contributed by atoms with Gasteiger partial charge in [-0.1, -0.05) is 48.0 Å². The minimum atomic E-state index is 0.129. The first kappa shape index (κ1) is 12.7. The molecule has 0 aliphatic carbocycles. The Hall–Kier alpha value is -1.35. The molecule has 0 saturated carbocycles. The second-order valence-corrected chi connectivity index (χ2v) is 5.75. The molecule has 3 heteroatoms. The third kappa shape index (κ3) is 2.27. The van der Waals surface area contributed by atoms with Gasteiger partial charge < -0.3 is 5.32 Å². The van der Waals surface area contributed by atoms with E-state index in [0.717, 1.165) is 10.6 Å². The van der Waals surface area contributed by atoms with E-state index in [1.54, 1.807) is 11.3 Å². The monoisotopic (exact) mass is 287 g/mol. The fourth-order valence-corrected chi connectivity index (χ4v) is 3.64. The van der Waals surface area contributed by atoms with Crippen molar-refractivity contribution in [3.05, 3.63) is 70.1 Å². The van der Waals surface area contributed by atoms with Crippen LogP contribution in [0.4, 0.5) is 0 Å². The van der Waals surface area contributed by atoms with Crippen molar-refractivity contribution < 1.29 is 0 Å². The van der Waals surface area contributed by atoms with E-state index < -0.39 is 0 Å². The number of halogens is 1.